The minimum Gasteiger partial charge on any atom is -0.496 e. The molecule has 27 heavy (non-hydrogen) atoms. The summed E-state index contributed by atoms with van der Waals surface area (Å²) in [7, 11) is 1.63. The van der Waals surface area contributed by atoms with Gasteiger partial charge in [0.05, 0.1) is 12.7 Å². The average Bonchev–Trinajstić information content (AvgIpc) is 3.02. The summed E-state index contributed by atoms with van der Waals surface area (Å²) < 4.78 is 5.37. The van der Waals surface area contributed by atoms with Crippen LogP contribution in [0.3, 0.4) is 0 Å². The molecule has 142 valence electrons. The number of hydrogen-bond acceptors (Lipinski definition) is 5. The Hall–Kier alpha value is -2.36. The molecular weight excluding hydrogens is 360 g/mol. The predicted octanol–water partition coefficient (Wildman–Crippen LogP) is 3.61. The minimum atomic E-state index is -0.104. The van der Waals surface area contributed by atoms with Crippen molar-refractivity contribution >= 4 is 22.2 Å². The van der Waals surface area contributed by atoms with Gasteiger partial charge < -0.3 is 15.2 Å². The largest absolute Gasteiger partial charge is 0.496 e. The minimum absolute atomic E-state index is 0.104. The van der Waals surface area contributed by atoms with Crippen LogP contribution in [-0.4, -0.2) is 24.7 Å². The van der Waals surface area contributed by atoms with Crippen molar-refractivity contribution in [1.82, 2.24) is 0 Å². The van der Waals surface area contributed by atoms with Crippen LogP contribution in [0.1, 0.15) is 40.0 Å². The molecule has 1 atom stereocenters. The SMILES string of the molecule is COc1ccc(C)cc1CCC(=O)Nc1sc2c(c1C#N)CCC(CO)C2. The quantitative estimate of drug-likeness (QED) is 0.797. The molecule has 1 aliphatic carbocycles. The monoisotopic (exact) mass is 384 g/mol. The number of rotatable bonds is 6. The third-order valence-electron chi connectivity index (χ3n) is 5.05. The van der Waals surface area contributed by atoms with Crippen molar-refractivity contribution in [3.63, 3.8) is 0 Å². The number of anilines is 1. The lowest BCUT2D eigenvalue weighted by Crippen LogP contribution is -2.16. The van der Waals surface area contributed by atoms with Gasteiger partial charge in [-0.3, -0.25) is 4.79 Å². The molecule has 0 saturated heterocycles. The van der Waals surface area contributed by atoms with Crippen molar-refractivity contribution in [3.05, 3.63) is 45.3 Å². The molecule has 1 heterocycles. The number of nitrogens with one attached hydrogen (secondary N) is 1. The van der Waals surface area contributed by atoms with E-state index in [4.69, 9.17) is 4.74 Å². The van der Waals surface area contributed by atoms with Gasteiger partial charge >= 0.3 is 0 Å². The van der Waals surface area contributed by atoms with Crippen molar-refractivity contribution in [3.8, 4) is 11.8 Å². The van der Waals surface area contributed by atoms with Gasteiger partial charge in [-0.05, 0) is 55.7 Å². The molecule has 0 bridgehead atoms. The summed E-state index contributed by atoms with van der Waals surface area (Å²) in [5.41, 5.74) is 3.77. The molecule has 1 aromatic carbocycles. The van der Waals surface area contributed by atoms with Crippen LogP contribution >= 0.6 is 11.3 Å². The van der Waals surface area contributed by atoms with Gasteiger partial charge in [0.1, 0.15) is 16.8 Å². The van der Waals surface area contributed by atoms with Crippen molar-refractivity contribution in [2.45, 2.75) is 39.0 Å². The first-order valence-electron chi connectivity index (χ1n) is 9.14. The lowest BCUT2D eigenvalue weighted by Gasteiger charge is -2.19. The molecule has 0 radical (unpaired) electrons. The van der Waals surface area contributed by atoms with Gasteiger partial charge in [0.2, 0.25) is 5.91 Å². The first kappa shape index (κ1) is 19.4. The zero-order valence-corrected chi connectivity index (χ0v) is 16.5. The smallest absolute Gasteiger partial charge is 0.225 e. The second-order valence-corrected chi connectivity index (χ2v) is 8.08. The summed E-state index contributed by atoms with van der Waals surface area (Å²) in [5, 5.41) is 22.5. The second kappa shape index (κ2) is 8.55. The van der Waals surface area contributed by atoms with Crippen molar-refractivity contribution in [1.29, 1.82) is 5.26 Å². The predicted molar refractivity (Wildman–Crippen MR) is 106 cm³/mol. The number of benzene rings is 1. The number of hydrogen-bond donors (Lipinski definition) is 2. The molecule has 6 heteroatoms. The number of ether oxygens (including phenoxy) is 1. The van der Waals surface area contributed by atoms with Gasteiger partial charge in [0.15, 0.2) is 0 Å². The Kier molecular flexibility index (Phi) is 6.15. The number of thiophene rings is 1. The van der Waals surface area contributed by atoms with Gasteiger partial charge in [-0.2, -0.15) is 5.26 Å². The van der Waals surface area contributed by atoms with Gasteiger partial charge in [0.25, 0.3) is 0 Å². The Morgan fingerprint density at radius 2 is 2.30 bits per heavy atom. The Morgan fingerprint density at radius 1 is 1.48 bits per heavy atom. The van der Waals surface area contributed by atoms with Gasteiger partial charge in [0, 0.05) is 17.9 Å². The van der Waals surface area contributed by atoms with Crippen molar-refractivity contribution in [2.24, 2.45) is 5.92 Å². The fraction of sp³-hybridized carbons (Fsp3) is 0.429. The summed E-state index contributed by atoms with van der Waals surface area (Å²) in [5.74, 6) is 0.931. The molecule has 1 amide bonds. The van der Waals surface area contributed by atoms with Crippen LogP contribution in [0.25, 0.3) is 0 Å². The highest BCUT2D eigenvalue weighted by Gasteiger charge is 2.26. The van der Waals surface area contributed by atoms with E-state index in [-0.39, 0.29) is 18.4 Å². The number of fused-ring (bicyclic) bond motifs is 1. The summed E-state index contributed by atoms with van der Waals surface area (Å²) in [6.45, 7) is 2.18. The standard InChI is InChI=1S/C21H24N2O3S/c1-13-3-7-18(26-2)15(9-13)5-8-20(25)23-21-17(11-22)16-6-4-14(12-24)10-19(16)27-21/h3,7,9,14,24H,4-6,8,10,12H2,1-2H3,(H,23,25). The molecule has 0 spiro atoms. The topological polar surface area (TPSA) is 82.3 Å². The molecule has 0 aliphatic heterocycles. The highest BCUT2D eigenvalue weighted by Crippen LogP contribution is 2.39. The van der Waals surface area contributed by atoms with E-state index in [9.17, 15) is 15.2 Å². The van der Waals surface area contributed by atoms with Crippen LogP contribution in [0.15, 0.2) is 18.2 Å². The highest BCUT2D eigenvalue weighted by molar-refractivity contribution is 7.16. The maximum atomic E-state index is 12.5. The molecule has 2 aromatic rings. The summed E-state index contributed by atoms with van der Waals surface area (Å²) in [6, 6.07) is 8.19. The Bertz CT molecular complexity index is 882. The van der Waals surface area contributed by atoms with Crippen LogP contribution < -0.4 is 10.1 Å². The van der Waals surface area contributed by atoms with Gasteiger partial charge in [-0.25, -0.2) is 0 Å². The molecule has 1 unspecified atom stereocenters. The van der Waals surface area contributed by atoms with E-state index >= 15 is 0 Å². The number of carbonyl (C=O) groups excluding carboxylic acids is 1. The van der Waals surface area contributed by atoms with Crippen LogP contribution in [-0.2, 0) is 24.1 Å². The van der Waals surface area contributed by atoms with E-state index < -0.39 is 0 Å². The number of aliphatic hydroxyl groups is 1. The van der Waals surface area contributed by atoms with Crippen LogP contribution in [0, 0.1) is 24.2 Å². The van der Waals surface area contributed by atoms with Crippen LogP contribution in [0.2, 0.25) is 0 Å². The molecular formula is C21H24N2O3S. The number of aliphatic hydroxyl groups excluding tert-OH is 1. The third-order valence-corrected chi connectivity index (χ3v) is 6.22. The lowest BCUT2D eigenvalue weighted by molar-refractivity contribution is -0.116. The molecule has 1 aliphatic rings. The van der Waals surface area contributed by atoms with E-state index in [0.29, 0.717) is 23.4 Å². The Balaban J connectivity index is 1.69. The number of nitrogens with zero attached hydrogens (tertiary/aromatic N) is 1. The molecule has 5 nitrogen and oxygen atoms in total. The van der Waals surface area contributed by atoms with E-state index in [1.54, 1.807) is 7.11 Å². The number of aryl methyl sites for hydroxylation is 2. The first-order chi connectivity index (χ1) is 13.0. The number of nitriles is 1. The fourth-order valence-electron chi connectivity index (χ4n) is 3.56. The van der Waals surface area contributed by atoms with E-state index in [1.807, 2.05) is 25.1 Å². The normalized spacial score (nSPS) is 15.7. The zero-order valence-electron chi connectivity index (χ0n) is 15.7. The van der Waals surface area contributed by atoms with Gasteiger partial charge in [-0.15, -0.1) is 11.3 Å². The molecule has 0 fully saturated rings. The highest BCUT2D eigenvalue weighted by atomic mass is 32.1. The van der Waals surface area contributed by atoms with E-state index in [1.165, 1.54) is 11.3 Å². The van der Waals surface area contributed by atoms with Crippen LogP contribution in [0.5, 0.6) is 5.75 Å². The van der Waals surface area contributed by atoms with Crippen molar-refractivity contribution in [2.75, 3.05) is 19.0 Å². The number of amides is 1. The maximum Gasteiger partial charge on any atom is 0.225 e. The lowest BCUT2D eigenvalue weighted by atomic mass is 9.88. The van der Waals surface area contributed by atoms with Crippen molar-refractivity contribution < 1.29 is 14.6 Å². The summed E-state index contributed by atoms with van der Waals surface area (Å²) in [6.07, 6.45) is 3.36. The van der Waals surface area contributed by atoms with Crippen LogP contribution in [0.4, 0.5) is 5.00 Å². The summed E-state index contributed by atoms with van der Waals surface area (Å²) >= 11 is 1.48. The van der Waals surface area contributed by atoms with E-state index in [2.05, 4.69) is 11.4 Å². The summed E-state index contributed by atoms with van der Waals surface area (Å²) in [4.78, 5) is 13.6. The Morgan fingerprint density at radius 3 is 3.00 bits per heavy atom. The maximum absolute atomic E-state index is 12.5. The number of methoxy groups -OCH3 is 1. The zero-order chi connectivity index (χ0) is 19.4. The average molecular weight is 385 g/mol. The molecule has 3 rings (SSSR count). The molecule has 1 aromatic heterocycles. The molecule has 2 N–H and O–H groups in total. The molecule has 0 saturated carbocycles. The van der Waals surface area contributed by atoms with Gasteiger partial charge in [-0.1, -0.05) is 17.7 Å². The Labute approximate surface area is 163 Å². The van der Waals surface area contributed by atoms with E-state index in [0.717, 1.165) is 46.6 Å². The number of carbonyl (C=O) groups is 1. The second-order valence-electron chi connectivity index (χ2n) is 6.97. The third kappa shape index (κ3) is 4.32. The first-order valence-corrected chi connectivity index (χ1v) is 9.96. The fourth-order valence-corrected chi connectivity index (χ4v) is 4.88.